The van der Waals surface area contributed by atoms with Crippen molar-refractivity contribution < 1.29 is 23.9 Å². The molecule has 0 bridgehead atoms. The van der Waals surface area contributed by atoms with Crippen molar-refractivity contribution in [2.24, 2.45) is 0 Å². The molecule has 4 rings (SSSR count). The third-order valence-corrected chi connectivity index (χ3v) is 6.77. The van der Waals surface area contributed by atoms with Gasteiger partial charge < -0.3 is 14.4 Å². The predicted molar refractivity (Wildman–Crippen MR) is 133 cm³/mol. The van der Waals surface area contributed by atoms with Crippen LogP contribution in [0, 0.1) is 0 Å². The normalized spacial score (nSPS) is 15.5. The summed E-state index contributed by atoms with van der Waals surface area (Å²) < 4.78 is 10.8. The van der Waals surface area contributed by atoms with Crippen molar-refractivity contribution in [2.45, 2.75) is 37.6 Å². The summed E-state index contributed by atoms with van der Waals surface area (Å²) in [5.74, 6) is -0.900. The van der Waals surface area contributed by atoms with Crippen LogP contribution in [0.4, 0.5) is 4.79 Å². The number of carbonyl (C=O) groups excluding carboxylic acids is 3. The zero-order valence-corrected chi connectivity index (χ0v) is 20.2. The summed E-state index contributed by atoms with van der Waals surface area (Å²) in [6, 6.07) is 15.2. The van der Waals surface area contributed by atoms with Gasteiger partial charge in [0.15, 0.2) is 0 Å². The molecule has 35 heavy (non-hydrogen) atoms. The number of rotatable bonds is 8. The molecule has 0 saturated carbocycles. The molecule has 1 fully saturated rings. The number of fused-ring (bicyclic) bond motifs is 3. The SMILES string of the molecule is C=CCOC(=O)CC(C(=O)N1CCCCC1)N(C)C(=O)OCC1c2ccccc2-c2ccccc21. The Morgan fingerprint density at radius 1 is 1.00 bits per heavy atom. The number of esters is 1. The van der Waals surface area contributed by atoms with E-state index < -0.39 is 18.1 Å². The quantitative estimate of drug-likeness (QED) is 0.418. The van der Waals surface area contributed by atoms with Gasteiger partial charge in [0.2, 0.25) is 5.91 Å². The molecular formula is C28H32N2O5. The van der Waals surface area contributed by atoms with Gasteiger partial charge in [0.1, 0.15) is 19.3 Å². The molecular weight excluding hydrogens is 444 g/mol. The maximum atomic E-state index is 13.3. The molecule has 1 unspecified atom stereocenters. The first-order valence-corrected chi connectivity index (χ1v) is 12.1. The second-order valence-corrected chi connectivity index (χ2v) is 8.99. The van der Waals surface area contributed by atoms with Crippen LogP contribution in [0.2, 0.25) is 0 Å². The topological polar surface area (TPSA) is 76.2 Å². The number of hydrogen-bond acceptors (Lipinski definition) is 5. The highest BCUT2D eigenvalue weighted by Crippen LogP contribution is 2.44. The second kappa shape index (κ2) is 11.2. The molecule has 2 aromatic rings. The molecule has 2 amide bonds. The van der Waals surface area contributed by atoms with Gasteiger partial charge in [-0.25, -0.2) is 4.79 Å². The Hall–Kier alpha value is -3.61. The van der Waals surface area contributed by atoms with Gasteiger partial charge in [-0.2, -0.15) is 0 Å². The first-order valence-electron chi connectivity index (χ1n) is 12.1. The van der Waals surface area contributed by atoms with Crippen molar-refractivity contribution in [3.8, 4) is 11.1 Å². The first-order chi connectivity index (χ1) is 17.0. The fourth-order valence-corrected chi connectivity index (χ4v) is 4.91. The number of likely N-dealkylation sites (tertiary alicyclic amines) is 1. The number of nitrogens with zero attached hydrogens (tertiary/aromatic N) is 2. The van der Waals surface area contributed by atoms with E-state index in [1.165, 1.54) is 18.0 Å². The first kappa shape index (κ1) is 24.5. The minimum Gasteiger partial charge on any atom is -0.461 e. The predicted octanol–water partition coefficient (Wildman–Crippen LogP) is 4.37. The summed E-state index contributed by atoms with van der Waals surface area (Å²) in [6.07, 6.45) is 3.48. The van der Waals surface area contributed by atoms with Gasteiger partial charge >= 0.3 is 12.1 Å². The molecule has 1 aliphatic heterocycles. The minimum absolute atomic E-state index is 0.0537. The molecule has 0 spiro atoms. The lowest BCUT2D eigenvalue weighted by Crippen LogP contribution is -2.51. The number of carbonyl (C=O) groups is 3. The standard InChI is InChI=1S/C28H32N2O5/c1-3-17-34-26(31)18-25(27(32)30-15-9-4-10-16-30)29(2)28(33)35-19-24-22-13-7-5-11-20(22)21-12-6-8-14-23(21)24/h3,5-8,11-14,24-25H,1,4,9-10,15-19H2,2H3. The maximum absolute atomic E-state index is 13.3. The zero-order chi connectivity index (χ0) is 24.8. The summed E-state index contributed by atoms with van der Waals surface area (Å²) in [5, 5.41) is 0. The average molecular weight is 477 g/mol. The molecule has 1 atom stereocenters. The summed E-state index contributed by atoms with van der Waals surface area (Å²) in [6.45, 7) is 4.98. The van der Waals surface area contributed by atoms with Crippen LogP contribution in [0.5, 0.6) is 0 Å². The Labute approximate surface area is 206 Å². The minimum atomic E-state index is -0.985. The van der Waals surface area contributed by atoms with Gasteiger partial charge in [0.05, 0.1) is 6.42 Å². The lowest BCUT2D eigenvalue weighted by atomic mass is 9.98. The van der Waals surface area contributed by atoms with E-state index in [0.717, 1.165) is 41.5 Å². The molecule has 2 aromatic carbocycles. The van der Waals surface area contributed by atoms with Gasteiger partial charge in [-0.05, 0) is 41.5 Å². The van der Waals surface area contributed by atoms with E-state index >= 15 is 0 Å². The van der Waals surface area contributed by atoms with Crippen LogP contribution in [0.3, 0.4) is 0 Å². The third-order valence-electron chi connectivity index (χ3n) is 6.77. The summed E-state index contributed by atoms with van der Waals surface area (Å²) in [4.78, 5) is 41.7. The monoisotopic (exact) mass is 476 g/mol. The number of likely N-dealkylation sites (N-methyl/N-ethyl adjacent to an activating group) is 1. The van der Waals surface area contributed by atoms with Crippen molar-refractivity contribution in [3.05, 3.63) is 72.3 Å². The lowest BCUT2D eigenvalue weighted by Gasteiger charge is -2.33. The molecule has 1 heterocycles. The second-order valence-electron chi connectivity index (χ2n) is 8.99. The Kier molecular flexibility index (Phi) is 7.85. The van der Waals surface area contributed by atoms with Crippen LogP contribution in [-0.4, -0.2) is 67.2 Å². The van der Waals surface area contributed by atoms with E-state index in [9.17, 15) is 14.4 Å². The highest BCUT2D eigenvalue weighted by Gasteiger charge is 2.35. The number of hydrogen-bond donors (Lipinski definition) is 0. The van der Waals surface area contributed by atoms with Crippen molar-refractivity contribution >= 4 is 18.0 Å². The Bertz CT molecular complexity index is 1050. The summed E-state index contributed by atoms with van der Waals surface area (Å²) in [5.41, 5.74) is 4.50. The highest BCUT2D eigenvalue weighted by molar-refractivity contribution is 5.89. The van der Waals surface area contributed by atoms with Gasteiger partial charge in [0, 0.05) is 26.1 Å². The van der Waals surface area contributed by atoms with Gasteiger partial charge in [0.25, 0.3) is 0 Å². The smallest absolute Gasteiger partial charge is 0.410 e. The average Bonchev–Trinajstić information content (AvgIpc) is 3.22. The molecule has 2 aliphatic rings. The van der Waals surface area contributed by atoms with E-state index in [-0.39, 0.29) is 31.5 Å². The third kappa shape index (κ3) is 5.39. The van der Waals surface area contributed by atoms with Gasteiger partial charge in [-0.15, -0.1) is 0 Å². The Morgan fingerprint density at radius 2 is 1.60 bits per heavy atom. The molecule has 0 N–H and O–H groups in total. The van der Waals surface area contributed by atoms with E-state index in [0.29, 0.717) is 13.1 Å². The largest absolute Gasteiger partial charge is 0.461 e. The lowest BCUT2D eigenvalue weighted by molar-refractivity contribution is -0.148. The van der Waals surface area contributed by atoms with E-state index in [1.54, 1.807) is 4.90 Å². The van der Waals surface area contributed by atoms with Crippen LogP contribution in [-0.2, 0) is 19.1 Å². The molecule has 0 radical (unpaired) electrons. The summed E-state index contributed by atoms with van der Waals surface area (Å²) in [7, 11) is 1.51. The van der Waals surface area contributed by atoms with Gasteiger partial charge in [-0.3, -0.25) is 14.5 Å². The summed E-state index contributed by atoms with van der Waals surface area (Å²) >= 11 is 0. The highest BCUT2D eigenvalue weighted by atomic mass is 16.6. The van der Waals surface area contributed by atoms with E-state index in [4.69, 9.17) is 9.47 Å². The number of piperidine rings is 1. The van der Waals surface area contributed by atoms with Crippen LogP contribution in [0.1, 0.15) is 42.7 Å². The fourth-order valence-electron chi connectivity index (χ4n) is 4.91. The molecule has 7 nitrogen and oxygen atoms in total. The van der Waals surface area contributed by atoms with E-state index in [1.807, 2.05) is 24.3 Å². The molecule has 7 heteroatoms. The number of amides is 2. The van der Waals surface area contributed by atoms with Crippen LogP contribution in [0.15, 0.2) is 61.2 Å². The van der Waals surface area contributed by atoms with Crippen molar-refractivity contribution in [1.82, 2.24) is 9.80 Å². The van der Waals surface area contributed by atoms with Gasteiger partial charge in [-0.1, -0.05) is 61.2 Å². The fraction of sp³-hybridized carbons (Fsp3) is 0.393. The molecule has 0 aromatic heterocycles. The van der Waals surface area contributed by atoms with Crippen molar-refractivity contribution in [2.75, 3.05) is 33.4 Å². The number of benzene rings is 2. The van der Waals surface area contributed by atoms with Crippen molar-refractivity contribution in [1.29, 1.82) is 0 Å². The Morgan fingerprint density at radius 3 is 2.20 bits per heavy atom. The van der Waals surface area contributed by atoms with Crippen LogP contribution >= 0.6 is 0 Å². The maximum Gasteiger partial charge on any atom is 0.410 e. The van der Waals surface area contributed by atoms with Crippen molar-refractivity contribution in [3.63, 3.8) is 0 Å². The molecule has 1 aliphatic carbocycles. The Balaban J connectivity index is 1.47. The van der Waals surface area contributed by atoms with E-state index in [2.05, 4.69) is 30.8 Å². The molecule has 184 valence electrons. The molecule has 1 saturated heterocycles. The van der Waals surface area contributed by atoms with Crippen LogP contribution in [0.25, 0.3) is 11.1 Å². The zero-order valence-electron chi connectivity index (χ0n) is 20.2. The van der Waals surface area contributed by atoms with Crippen LogP contribution < -0.4 is 0 Å². The number of ether oxygens (including phenoxy) is 2.